The number of carbonyl (C=O) groups excluding carboxylic acids is 1. The number of carbonyl (C=O) groups is 1. The molecule has 0 unspecified atom stereocenters. The Balaban J connectivity index is 1.35. The molecule has 0 atom stereocenters. The Morgan fingerprint density at radius 1 is 1.09 bits per heavy atom. The highest BCUT2D eigenvalue weighted by atomic mass is 16.5. The molecule has 0 aliphatic carbocycles. The number of rotatable bonds is 9. The zero-order valence-electron chi connectivity index (χ0n) is 19.2. The summed E-state index contributed by atoms with van der Waals surface area (Å²) >= 11 is 0. The van der Waals surface area contributed by atoms with E-state index in [2.05, 4.69) is 30.8 Å². The predicted octanol–water partition coefficient (Wildman–Crippen LogP) is 2.34. The first kappa shape index (κ1) is 22.4. The molecule has 2 aromatic heterocycles. The van der Waals surface area contributed by atoms with Crippen LogP contribution in [0.25, 0.3) is 11.3 Å². The van der Waals surface area contributed by atoms with E-state index in [1.807, 2.05) is 24.3 Å². The Labute approximate surface area is 192 Å². The van der Waals surface area contributed by atoms with Crippen LogP contribution < -0.4 is 25.0 Å². The summed E-state index contributed by atoms with van der Waals surface area (Å²) in [5.74, 6) is 1.83. The van der Waals surface area contributed by atoms with Gasteiger partial charge >= 0.3 is 0 Å². The molecule has 4 rings (SSSR count). The van der Waals surface area contributed by atoms with Crippen LogP contribution in [0.3, 0.4) is 0 Å². The molecule has 10 nitrogen and oxygen atoms in total. The normalized spacial score (nSPS) is 13.1. The minimum atomic E-state index is -0.211. The monoisotopic (exact) mass is 451 g/mol. The average molecular weight is 452 g/mol. The number of aromatic nitrogens is 4. The van der Waals surface area contributed by atoms with Crippen LogP contribution in [0.5, 0.6) is 11.5 Å². The van der Waals surface area contributed by atoms with Crippen molar-refractivity contribution in [3.8, 4) is 22.8 Å². The lowest BCUT2D eigenvalue weighted by atomic mass is 10.1. The first-order valence-corrected chi connectivity index (χ1v) is 10.9. The second-order valence-electron chi connectivity index (χ2n) is 7.78. The predicted molar refractivity (Wildman–Crippen MR) is 126 cm³/mol. The van der Waals surface area contributed by atoms with Crippen LogP contribution in [0.15, 0.2) is 36.5 Å². The second kappa shape index (κ2) is 10.2. The summed E-state index contributed by atoms with van der Waals surface area (Å²) in [7, 11) is 4.94. The quantitative estimate of drug-likeness (QED) is 0.478. The van der Waals surface area contributed by atoms with E-state index >= 15 is 0 Å². The van der Waals surface area contributed by atoms with E-state index in [0.717, 1.165) is 24.3 Å². The van der Waals surface area contributed by atoms with Gasteiger partial charge in [0.1, 0.15) is 17.2 Å². The molecule has 33 heavy (non-hydrogen) atoms. The standard InChI is InChI=1S/C23H29N7O3/c1-29-20(14-19(28-29)18-13-17(32-2)6-7-21(18)33-3)23(31)25-9-8-24-22-12-16(15-26-27-22)30-10-4-5-11-30/h6-7,12-15H,4-5,8-11H2,1-3H3,(H,24,27)(H,25,31). The maximum absolute atomic E-state index is 12.7. The second-order valence-corrected chi connectivity index (χ2v) is 7.78. The molecule has 174 valence electrons. The first-order valence-electron chi connectivity index (χ1n) is 10.9. The van der Waals surface area contributed by atoms with Gasteiger partial charge in [-0.3, -0.25) is 9.48 Å². The van der Waals surface area contributed by atoms with Crippen molar-refractivity contribution in [2.24, 2.45) is 7.05 Å². The van der Waals surface area contributed by atoms with E-state index in [0.29, 0.717) is 41.8 Å². The minimum absolute atomic E-state index is 0.211. The molecule has 0 bridgehead atoms. The zero-order chi connectivity index (χ0) is 23.2. The lowest BCUT2D eigenvalue weighted by Gasteiger charge is -2.17. The third kappa shape index (κ3) is 5.16. The number of ether oxygens (including phenoxy) is 2. The Hall–Kier alpha value is -3.82. The maximum atomic E-state index is 12.7. The van der Waals surface area contributed by atoms with Crippen LogP contribution in [0.2, 0.25) is 0 Å². The number of hydrogen-bond acceptors (Lipinski definition) is 8. The molecule has 1 saturated heterocycles. The van der Waals surface area contributed by atoms with Gasteiger partial charge in [-0.05, 0) is 37.1 Å². The van der Waals surface area contributed by atoms with Crippen molar-refractivity contribution in [1.82, 2.24) is 25.3 Å². The number of benzene rings is 1. The van der Waals surface area contributed by atoms with E-state index in [1.54, 1.807) is 38.2 Å². The maximum Gasteiger partial charge on any atom is 0.269 e. The van der Waals surface area contributed by atoms with Crippen LogP contribution >= 0.6 is 0 Å². The lowest BCUT2D eigenvalue weighted by Crippen LogP contribution is -2.30. The fraction of sp³-hybridized carbons (Fsp3) is 0.391. The fourth-order valence-electron chi connectivity index (χ4n) is 3.87. The van der Waals surface area contributed by atoms with Crippen molar-refractivity contribution >= 4 is 17.4 Å². The fourth-order valence-corrected chi connectivity index (χ4v) is 3.87. The van der Waals surface area contributed by atoms with Crippen molar-refractivity contribution in [3.63, 3.8) is 0 Å². The van der Waals surface area contributed by atoms with Gasteiger partial charge in [0.25, 0.3) is 5.91 Å². The average Bonchev–Trinajstić information content (AvgIpc) is 3.52. The molecule has 0 spiro atoms. The topological polar surface area (TPSA) is 106 Å². The highest BCUT2D eigenvalue weighted by Gasteiger charge is 2.17. The summed E-state index contributed by atoms with van der Waals surface area (Å²) in [6.45, 7) is 3.06. The zero-order valence-corrected chi connectivity index (χ0v) is 19.2. The van der Waals surface area contributed by atoms with Crippen LogP contribution in [-0.4, -0.2) is 66.3 Å². The van der Waals surface area contributed by atoms with E-state index in [4.69, 9.17) is 9.47 Å². The van der Waals surface area contributed by atoms with E-state index in [-0.39, 0.29) is 5.91 Å². The number of amides is 1. The summed E-state index contributed by atoms with van der Waals surface area (Å²) in [4.78, 5) is 15.0. The molecule has 1 amide bonds. The van der Waals surface area contributed by atoms with Gasteiger partial charge in [0, 0.05) is 44.9 Å². The number of nitrogens with one attached hydrogen (secondary N) is 2. The number of hydrogen-bond donors (Lipinski definition) is 2. The van der Waals surface area contributed by atoms with E-state index in [1.165, 1.54) is 12.8 Å². The Morgan fingerprint density at radius 2 is 1.91 bits per heavy atom. The van der Waals surface area contributed by atoms with Gasteiger partial charge < -0.3 is 25.0 Å². The van der Waals surface area contributed by atoms with Gasteiger partial charge in [-0.15, -0.1) is 5.10 Å². The smallest absolute Gasteiger partial charge is 0.269 e. The van der Waals surface area contributed by atoms with E-state index in [9.17, 15) is 4.79 Å². The van der Waals surface area contributed by atoms with Crippen molar-refractivity contribution in [1.29, 1.82) is 0 Å². The number of anilines is 2. The summed E-state index contributed by atoms with van der Waals surface area (Å²) in [5, 5.41) is 18.8. The van der Waals surface area contributed by atoms with Gasteiger partial charge in [-0.2, -0.15) is 10.2 Å². The molecule has 1 aromatic carbocycles. The molecule has 2 N–H and O–H groups in total. The third-order valence-electron chi connectivity index (χ3n) is 5.62. The largest absolute Gasteiger partial charge is 0.497 e. The highest BCUT2D eigenvalue weighted by Crippen LogP contribution is 2.32. The number of aryl methyl sites for hydroxylation is 1. The number of methoxy groups -OCH3 is 2. The molecule has 3 heterocycles. The minimum Gasteiger partial charge on any atom is -0.497 e. The van der Waals surface area contributed by atoms with Crippen molar-refractivity contribution in [2.75, 3.05) is 50.6 Å². The van der Waals surface area contributed by atoms with Crippen LogP contribution in [0, 0.1) is 0 Å². The van der Waals surface area contributed by atoms with Crippen molar-refractivity contribution < 1.29 is 14.3 Å². The summed E-state index contributed by atoms with van der Waals surface area (Å²) < 4.78 is 12.3. The summed E-state index contributed by atoms with van der Waals surface area (Å²) in [6.07, 6.45) is 4.20. The Kier molecular flexibility index (Phi) is 6.92. The molecule has 1 fully saturated rings. The molecule has 10 heteroatoms. The third-order valence-corrected chi connectivity index (χ3v) is 5.62. The van der Waals surface area contributed by atoms with Gasteiger partial charge in [0.2, 0.25) is 0 Å². The lowest BCUT2D eigenvalue weighted by molar-refractivity contribution is 0.0946. The Morgan fingerprint density at radius 3 is 2.67 bits per heavy atom. The van der Waals surface area contributed by atoms with Gasteiger partial charge in [0.05, 0.1) is 31.8 Å². The molecular formula is C23H29N7O3. The number of nitrogens with zero attached hydrogens (tertiary/aromatic N) is 5. The van der Waals surface area contributed by atoms with Crippen LogP contribution in [-0.2, 0) is 7.05 Å². The van der Waals surface area contributed by atoms with Gasteiger partial charge in [-0.1, -0.05) is 0 Å². The molecule has 0 radical (unpaired) electrons. The molecule has 1 aliphatic rings. The molecule has 0 saturated carbocycles. The molecule has 3 aromatic rings. The van der Waals surface area contributed by atoms with Crippen molar-refractivity contribution in [3.05, 3.63) is 42.2 Å². The van der Waals surface area contributed by atoms with E-state index < -0.39 is 0 Å². The highest BCUT2D eigenvalue weighted by molar-refractivity contribution is 5.94. The molecular weight excluding hydrogens is 422 g/mol. The summed E-state index contributed by atoms with van der Waals surface area (Å²) in [6, 6.07) is 9.21. The molecule has 1 aliphatic heterocycles. The Bertz CT molecular complexity index is 1110. The SMILES string of the molecule is COc1ccc(OC)c(-c2cc(C(=O)NCCNc3cc(N4CCCC4)cnn3)n(C)n2)c1. The first-order chi connectivity index (χ1) is 16.1. The van der Waals surface area contributed by atoms with Crippen LogP contribution in [0.1, 0.15) is 23.3 Å². The van der Waals surface area contributed by atoms with Crippen LogP contribution in [0.4, 0.5) is 11.5 Å². The van der Waals surface area contributed by atoms with Crippen molar-refractivity contribution in [2.45, 2.75) is 12.8 Å². The summed E-state index contributed by atoms with van der Waals surface area (Å²) in [5.41, 5.74) is 2.91. The van der Waals surface area contributed by atoms with Gasteiger partial charge in [0.15, 0.2) is 5.82 Å². The van der Waals surface area contributed by atoms with Gasteiger partial charge in [-0.25, -0.2) is 0 Å².